The van der Waals surface area contributed by atoms with Gasteiger partial charge in [-0.25, -0.2) is 28.9 Å². The summed E-state index contributed by atoms with van der Waals surface area (Å²) in [5.74, 6) is -2.52. The minimum atomic E-state index is -1.33. The van der Waals surface area contributed by atoms with E-state index in [9.17, 15) is 23.9 Å². The molecule has 2 aromatic heterocycles. The zero-order valence-electron chi connectivity index (χ0n) is 24.5. The number of amides is 3. The molecule has 0 saturated carbocycles. The number of aromatic nitrogens is 4. The first-order chi connectivity index (χ1) is 22.3. The minimum Gasteiger partial charge on any atom is -0.478 e. The molecular weight excluding hydrogens is 601 g/mol. The number of ether oxygens (including phenoxy) is 3. The van der Waals surface area contributed by atoms with Crippen molar-refractivity contribution in [3.63, 3.8) is 0 Å². The van der Waals surface area contributed by atoms with E-state index in [0.717, 1.165) is 11.6 Å². The third kappa shape index (κ3) is 6.42. The predicted octanol–water partition coefficient (Wildman–Crippen LogP) is 2.88. The fourth-order valence-electron chi connectivity index (χ4n) is 5.41. The van der Waals surface area contributed by atoms with Crippen molar-refractivity contribution in [2.45, 2.75) is 44.2 Å². The van der Waals surface area contributed by atoms with E-state index in [4.69, 9.17) is 14.2 Å². The van der Waals surface area contributed by atoms with Gasteiger partial charge >= 0.3 is 12.0 Å². The highest BCUT2D eigenvalue weighted by molar-refractivity contribution is 5.96. The number of nitrogens with zero attached hydrogens (tertiary/aromatic N) is 4. The van der Waals surface area contributed by atoms with Crippen molar-refractivity contribution < 1.29 is 38.1 Å². The Hall–Kier alpha value is -5.25. The molecule has 46 heavy (non-hydrogen) atoms. The van der Waals surface area contributed by atoms with Gasteiger partial charge in [0.1, 0.15) is 30.5 Å². The van der Waals surface area contributed by atoms with Gasteiger partial charge in [0.05, 0.1) is 18.3 Å². The number of urea groups is 1. The quantitative estimate of drug-likeness (QED) is 0.203. The monoisotopic (exact) mass is 631 g/mol. The Kier molecular flexibility index (Phi) is 8.96. The molecule has 2 fully saturated rings. The number of carbonyl (C=O) groups is 3. The molecule has 4 N–H and O–H groups in total. The molecule has 2 aliphatic rings. The molecule has 0 bridgehead atoms. The number of carbonyl (C=O) groups excluding carboxylic acids is 2. The third-order valence-corrected chi connectivity index (χ3v) is 7.50. The van der Waals surface area contributed by atoms with Crippen LogP contribution in [0, 0.1) is 5.82 Å². The largest absolute Gasteiger partial charge is 0.478 e. The van der Waals surface area contributed by atoms with Gasteiger partial charge in [-0.15, -0.1) is 0 Å². The number of hydrogen-bond donors (Lipinski definition) is 4. The summed E-state index contributed by atoms with van der Waals surface area (Å²) in [4.78, 5) is 49.5. The van der Waals surface area contributed by atoms with Crippen molar-refractivity contribution in [3.05, 3.63) is 89.8 Å². The van der Waals surface area contributed by atoms with Crippen molar-refractivity contribution in [2.75, 3.05) is 18.4 Å². The second-order valence-corrected chi connectivity index (χ2v) is 10.5. The summed E-state index contributed by atoms with van der Waals surface area (Å²) in [6, 6.07) is 12.8. The van der Waals surface area contributed by atoms with Crippen LogP contribution in [-0.4, -0.2) is 80.2 Å². The topological polar surface area (TPSA) is 179 Å². The smallest absolute Gasteiger partial charge is 0.336 e. The number of halogens is 1. The van der Waals surface area contributed by atoms with Gasteiger partial charge in [0.25, 0.3) is 0 Å². The van der Waals surface area contributed by atoms with Crippen LogP contribution < -0.4 is 16.0 Å². The highest BCUT2D eigenvalue weighted by Gasteiger charge is 2.53. The maximum Gasteiger partial charge on any atom is 0.336 e. The van der Waals surface area contributed by atoms with Gasteiger partial charge in [-0.05, 0) is 30.7 Å². The molecule has 4 heterocycles. The van der Waals surface area contributed by atoms with E-state index in [1.54, 1.807) is 17.6 Å². The molecule has 14 nitrogen and oxygen atoms in total. The summed E-state index contributed by atoms with van der Waals surface area (Å²) < 4.78 is 34.9. The van der Waals surface area contributed by atoms with E-state index in [1.165, 1.54) is 24.8 Å². The SMILES string of the molecule is CCNC(=O)Nc1ncnc2c1ncn2C1OC(CNC(=O)Cc2c(F)cccc2C(=O)O)C2O[C@H](/C=C/c3ccccc3)OC21. The number of fused-ring (bicyclic) bond motifs is 2. The van der Waals surface area contributed by atoms with Gasteiger partial charge < -0.3 is 30.0 Å². The molecule has 4 aromatic rings. The lowest BCUT2D eigenvalue weighted by Crippen LogP contribution is -2.40. The molecule has 2 saturated heterocycles. The maximum atomic E-state index is 14.4. The number of hydrogen-bond acceptors (Lipinski definition) is 9. The van der Waals surface area contributed by atoms with Gasteiger partial charge in [0.15, 0.2) is 29.5 Å². The molecule has 238 valence electrons. The molecule has 6 rings (SSSR count). The van der Waals surface area contributed by atoms with Crippen molar-refractivity contribution >= 4 is 41.0 Å². The first-order valence-electron chi connectivity index (χ1n) is 14.5. The van der Waals surface area contributed by atoms with Crippen molar-refractivity contribution in [1.29, 1.82) is 0 Å². The molecular formula is C31H30FN7O7. The molecule has 3 amide bonds. The van der Waals surface area contributed by atoms with E-state index in [0.29, 0.717) is 17.7 Å². The van der Waals surface area contributed by atoms with Crippen molar-refractivity contribution in [1.82, 2.24) is 30.2 Å². The fraction of sp³-hybridized carbons (Fsp3) is 0.290. The lowest BCUT2D eigenvalue weighted by molar-refractivity contribution is -0.129. The van der Waals surface area contributed by atoms with Crippen LogP contribution in [0.1, 0.15) is 34.6 Å². The average Bonchev–Trinajstić information content (AvgIpc) is 3.75. The van der Waals surface area contributed by atoms with Gasteiger partial charge in [0, 0.05) is 18.7 Å². The Morgan fingerprint density at radius 3 is 2.59 bits per heavy atom. The molecule has 0 spiro atoms. The number of carboxylic acids is 1. The Balaban J connectivity index is 1.23. The first kappa shape index (κ1) is 30.8. The first-order valence-corrected chi connectivity index (χ1v) is 14.5. The fourth-order valence-corrected chi connectivity index (χ4v) is 5.41. The Morgan fingerprint density at radius 1 is 1.00 bits per heavy atom. The number of nitrogens with one attached hydrogen (secondary N) is 3. The van der Waals surface area contributed by atoms with Gasteiger partial charge in [-0.3, -0.25) is 14.7 Å². The van der Waals surface area contributed by atoms with Crippen LogP contribution in [-0.2, 0) is 25.4 Å². The molecule has 0 aliphatic carbocycles. The predicted molar refractivity (Wildman–Crippen MR) is 161 cm³/mol. The highest BCUT2D eigenvalue weighted by Crippen LogP contribution is 2.41. The summed E-state index contributed by atoms with van der Waals surface area (Å²) in [5.41, 5.74) is 1.13. The van der Waals surface area contributed by atoms with Crippen LogP contribution in [0.4, 0.5) is 15.0 Å². The lowest BCUT2D eigenvalue weighted by Gasteiger charge is -2.20. The Morgan fingerprint density at radius 2 is 1.80 bits per heavy atom. The Bertz CT molecular complexity index is 1780. The van der Waals surface area contributed by atoms with E-state index < -0.39 is 61.0 Å². The number of anilines is 1. The normalized spacial score (nSPS) is 22.2. The summed E-state index contributed by atoms with van der Waals surface area (Å²) in [6.07, 6.45) is 2.37. The molecule has 0 radical (unpaired) electrons. The lowest BCUT2D eigenvalue weighted by atomic mass is 10.0. The van der Waals surface area contributed by atoms with Crippen LogP contribution >= 0.6 is 0 Å². The third-order valence-electron chi connectivity index (χ3n) is 7.50. The summed E-state index contributed by atoms with van der Waals surface area (Å²) in [5, 5.41) is 17.4. The second kappa shape index (κ2) is 13.4. The highest BCUT2D eigenvalue weighted by atomic mass is 19.1. The van der Waals surface area contributed by atoms with Crippen LogP contribution in [0.2, 0.25) is 0 Å². The summed E-state index contributed by atoms with van der Waals surface area (Å²) in [6.45, 7) is 2.16. The zero-order chi connectivity index (χ0) is 32.2. The van der Waals surface area contributed by atoms with Crippen LogP contribution in [0.25, 0.3) is 17.2 Å². The van der Waals surface area contributed by atoms with E-state index in [1.807, 2.05) is 36.4 Å². The Labute approximate surface area is 261 Å². The molecule has 4 unspecified atom stereocenters. The zero-order valence-corrected chi connectivity index (χ0v) is 24.5. The number of imidazole rings is 1. The van der Waals surface area contributed by atoms with E-state index in [2.05, 4.69) is 30.9 Å². The van der Waals surface area contributed by atoms with Crippen LogP contribution in [0.15, 0.2) is 67.3 Å². The van der Waals surface area contributed by atoms with E-state index in [-0.39, 0.29) is 23.5 Å². The number of benzene rings is 2. The molecule has 2 aromatic carbocycles. The second-order valence-electron chi connectivity index (χ2n) is 10.5. The van der Waals surface area contributed by atoms with Crippen LogP contribution in [0.3, 0.4) is 0 Å². The van der Waals surface area contributed by atoms with Crippen molar-refractivity contribution in [3.8, 4) is 0 Å². The number of carboxylic acid groups (broad SMARTS) is 1. The van der Waals surface area contributed by atoms with E-state index >= 15 is 0 Å². The van der Waals surface area contributed by atoms with Crippen molar-refractivity contribution in [2.24, 2.45) is 0 Å². The van der Waals surface area contributed by atoms with Gasteiger partial charge in [-0.2, -0.15) is 0 Å². The maximum absolute atomic E-state index is 14.4. The molecule has 2 aliphatic heterocycles. The minimum absolute atomic E-state index is 0.0442. The summed E-state index contributed by atoms with van der Waals surface area (Å²) >= 11 is 0. The standard InChI is InChI=1S/C31H30FN7O7/c1-2-33-31(43)38-27-24-28(36-15-35-27)39(16-37-24)29-26-25(45-23(46-26)12-11-17-7-4-3-5-8-17)21(44-29)14-34-22(40)13-19-18(30(41)42)9-6-10-20(19)32/h3-12,15-16,21,23,25-26,29H,2,13-14H2,1H3,(H,34,40)(H,41,42)(H2,33,35,36,38,43)/b12-11+/t21?,23-,25?,26?,29?/m0/s1. The van der Waals surface area contributed by atoms with Gasteiger partial charge in [0.2, 0.25) is 5.91 Å². The number of rotatable bonds is 10. The molecule has 5 atom stereocenters. The summed E-state index contributed by atoms with van der Waals surface area (Å²) in [7, 11) is 0. The van der Waals surface area contributed by atoms with Crippen LogP contribution in [0.5, 0.6) is 0 Å². The number of aromatic carboxylic acids is 1. The van der Waals surface area contributed by atoms with Gasteiger partial charge in [-0.1, -0.05) is 42.5 Å². The average molecular weight is 632 g/mol. The molecule has 15 heteroatoms.